The third kappa shape index (κ3) is 5.16. The minimum Gasteiger partial charge on any atom is -1.00 e. The molecule has 0 radical (unpaired) electrons. The van der Waals surface area contributed by atoms with E-state index in [2.05, 4.69) is 123 Å². The van der Waals surface area contributed by atoms with Gasteiger partial charge in [-0.05, 0) is 30.2 Å². The second-order valence-electron chi connectivity index (χ2n) is 16.0. The molecular weight excluding hydrogens is 709 g/mol. The predicted molar refractivity (Wildman–Crippen MR) is 187 cm³/mol. The molecule has 6 bridgehead atoms. The van der Waals surface area contributed by atoms with Gasteiger partial charge < -0.3 is 29.4 Å². The molecule has 4 saturated carbocycles. The van der Waals surface area contributed by atoms with E-state index in [0.29, 0.717) is 9.04 Å². The second-order valence-corrected chi connectivity index (χ2v) is 21.9. The van der Waals surface area contributed by atoms with Crippen LogP contribution in [0.1, 0.15) is 89.4 Å². The van der Waals surface area contributed by atoms with Crippen molar-refractivity contribution in [3.63, 3.8) is 0 Å². The van der Waals surface area contributed by atoms with Crippen molar-refractivity contribution in [2.45, 2.75) is 80.0 Å². The average molecular weight is 753 g/mol. The summed E-state index contributed by atoms with van der Waals surface area (Å²) >= 11 is 1.61. The van der Waals surface area contributed by atoms with Crippen LogP contribution >= 0.6 is 0 Å². The SMILES string of the molecule is CC1=C2c3cn(-c4ccccc4)cc3C1[Si]2(C)C.CC1=Cc2c(-c3ccc(C45CC6CC(CC(C6)C4)C5)cc3)cccc2[CH]1[Zr+2].[Cl-].[Cl-]. The van der Waals surface area contributed by atoms with E-state index in [-0.39, 0.29) is 24.8 Å². The summed E-state index contributed by atoms with van der Waals surface area (Å²) in [5, 5.41) is 1.72. The van der Waals surface area contributed by atoms with Crippen molar-refractivity contribution in [3.8, 4) is 16.8 Å². The number of para-hydroxylation sites is 1. The predicted octanol–water partition coefficient (Wildman–Crippen LogP) is 4.98. The molecule has 2 atom stereocenters. The van der Waals surface area contributed by atoms with Gasteiger partial charge in [-0.1, -0.05) is 42.1 Å². The minimum atomic E-state index is -1.12. The van der Waals surface area contributed by atoms with Crippen molar-refractivity contribution in [1.82, 2.24) is 4.57 Å². The second kappa shape index (κ2) is 12.2. The van der Waals surface area contributed by atoms with Crippen molar-refractivity contribution in [2.24, 2.45) is 17.8 Å². The van der Waals surface area contributed by atoms with E-state index in [1.165, 1.54) is 77.6 Å². The van der Waals surface area contributed by atoms with E-state index in [9.17, 15) is 0 Å². The first-order valence-corrected chi connectivity index (χ1v) is 21.8. The van der Waals surface area contributed by atoms with Gasteiger partial charge in [0, 0.05) is 23.6 Å². The molecule has 2 aliphatic heterocycles. The Morgan fingerprint density at radius 1 is 0.723 bits per heavy atom. The fourth-order valence-corrected chi connectivity index (χ4v) is 16.6. The van der Waals surface area contributed by atoms with Gasteiger partial charge in [0.15, 0.2) is 0 Å². The Morgan fingerprint density at radius 3 is 1.96 bits per heavy atom. The number of aromatic nitrogens is 1. The van der Waals surface area contributed by atoms with Gasteiger partial charge >= 0.3 is 179 Å². The number of benzene rings is 3. The van der Waals surface area contributed by atoms with Crippen LogP contribution in [0.15, 0.2) is 96.3 Å². The van der Waals surface area contributed by atoms with E-state index < -0.39 is 8.07 Å². The van der Waals surface area contributed by atoms with Crippen molar-refractivity contribution in [3.05, 3.63) is 124 Å². The molecule has 1 nitrogen and oxygen atoms in total. The zero-order valence-electron chi connectivity index (χ0n) is 28.0. The fraction of sp³-hybridized carbons (Fsp3) is 0.381. The largest absolute Gasteiger partial charge is 1.00 e. The van der Waals surface area contributed by atoms with Crippen molar-refractivity contribution >= 4 is 19.3 Å². The molecule has 4 aromatic rings. The Balaban J connectivity index is 0.000000154. The Labute approximate surface area is 310 Å². The molecule has 0 amide bonds. The maximum absolute atomic E-state index is 2.51. The van der Waals surface area contributed by atoms with Gasteiger partial charge in [-0.25, -0.2) is 0 Å². The van der Waals surface area contributed by atoms with Crippen LogP contribution in [0.2, 0.25) is 13.1 Å². The molecule has 8 aliphatic rings. The molecule has 0 N–H and O–H groups in total. The van der Waals surface area contributed by atoms with Gasteiger partial charge in [0.1, 0.15) is 0 Å². The van der Waals surface area contributed by atoms with Gasteiger partial charge in [-0.15, -0.1) is 0 Å². The van der Waals surface area contributed by atoms with Crippen LogP contribution in [0.3, 0.4) is 0 Å². The van der Waals surface area contributed by atoms with Crippen LogP contribution in [-0.2, 0) is 30.1 Å². The van der Waals surface area contributed by atoms with Crippen molar-refractivity contribution in [2.75, 3.05) is 0 Å². The standard InChI is InChI=1S/C26H27.C16H17NSi.2ClH.Zr/c1-17-9-22-3-2-4-24(25(22)10-17)21-5-7-23(8-6-21)26-14-18-11-19(15-26)13-20(12-18)16-26;1-11-15-13-9-17(12-7-5-4-6-8-12)10-14(13)16(11)18(15,2)3;;;/h2-10,18-20H,11-16H2,1H3;4-10,15H,1-3H3;2*1H;/q;;;;+2/p-2. The number of halogens is 2. The fourth-order valence-electron chi connectivity index (χ4n) is 11.4. The molecule has 6 aliphatic carbocycles. The molecule has 3 heterocycles. The molecule has 3 aromatic carbocycles. The third-order valence-corrected chi connectivity index (χ3v) is 18.8. The molecule has 2 unspecified atom stereocenters. The van der Waals surface area contributed by atoms with Gasteiger partial charge in [-0.2, -0.15) is 0 Å². The Kier molecular flexibility index (Phi) is 8.69. The van der Waals surface area contributed by atoms with Crippen LogP contribution in [-0.4, -0.2) is 12.6 Å². The van der Waals surface area contributed by atoms with E-state index in [1.54, 1.807) is 46.6 Å². The monoisotopic (exact) mass is 750 g/mol. The summed E-state index contributed by atoms with van der Waals surface area (Å²) in [4.78, 5) is 0. The number of hydrogen-bond donors (Lipinski definition) is 0. The summed E-state index contributed by atoms with van der Waals surface area (Å²) in [6.45, 7) is 9.63. The van der Waals surface area contributed by atoms with Crippen LogP contribution < -0.4 is 24.8 Å². The van der Waals surface area contributed by atoms with Gasteiger partial charge in [0.2, 0.25) is 0 Å². The summed E-state index contributed by atoms with van der Waals surface area (Å²) < 4.78 is 2.94. The Hall–Kier alpha value is -1.90. The first-order chi connectivity index (χ1) is 21.7. The van der Waals surface area contributed by atoms with E-state index in [4.69, 9.17) is 0 Å². The zero-order valence-corrected chi connectivity index (χ0v) is 33.0. The quantitative estimate of drug-likeness (QED) is 0.261. The normalized spacial score (nSPS) is 29.5. The topological polar surface area (TPSA) is 4.93 Å². The number of fused-ring (bicyclic) bond motifs is 1. The number of hydrogen-bond acceptors (Lipinski definition) is 0. The number of rotatable bonds is 3. The molecule has 0 spiro atoms. The Morgan fingerprint density at radius 2 is 1.36 bits per heavy atom. The summed E-state index contributed by atoms with van der Waals surface area (Å²) in [6, 6.07) is 27.3. The molecular formula is C42H44Cl2NSiZr. The first-order valence-electron chi connectivity index (χ1n) is 17.3. The molecule has 4 fully saturated rings. The van der Waals surface area contributed by atoms with Gasteiger partial charge in [0.25, 0.3) is 0 Å². The first kappa shape index (κ1) is 33.6. The molecule has 1 aromatic heterocycles. The summed E-state index contributed by atoms with van der Waals surface area (Å²) in [6.07, 6.45) is 16.1. The van der Waals surface area contributed by atoms with Crippen LogP contribution in [0.4, 0.5) is 0 Å². The number of nitrogens with zero attached hydrogens (tertiary/aromatic N) is 1. The average Bonchev–Trinajstić information content (AvgIpc) is 3.71. The molecule has 0 saturated heterocycles. The van der Waals surface area contributed by atoms with Gasteiger partial charge in [0.05, 0.1) is 8.07 Å². The van der Waals surface area contributed by atoms with Crippen LogP contribution in [0.25, 0.3) is 28.1 Å². The van der Waals surface area contributed by atoms with Crippen molar-refractivity contribution < 1.29 is 49.5 Å². The maximum atomic E-state index is 2.51. The molecule has 12 rings (SSSR count). The minimum absolute atomic E-state index is 0. The molecule has 239 valence electrons. The van der Waals surface area contributed by atoms with E-state index >= 15 is 0 Å². The smallest absolute Gasteiger partial charge is 1.00 e. The molecule has 5 heteroatoms. The molecule has 47 heavy (non-hydrogen) atoms. The van der Waals surface area contributed by atoms with Gasteiger partial charge in [-0.3, -0.25) is 0 Å². The summed E-state index contributed by atoms with van der Waals surface area (Å²) in [5.74, 6) is 3.06. The maximum Gasteiger partial charge on any atom is -1.00 e. The van der Waals surface area contributed by atoms with Crippen molar-refractivity contribution in [1.29, 1.82) is 0 Å². The van der Waals surface area contributed by atoms with Crippen LogP contribution in [0.5, 0.6) is 0 Å². The van der Waals surface area contributed by atoms with E-state index in [0.717, 1.165) is 23.3 Å². The summed E-state index contributed by atoms with van der Waals surface area (Å²) in [7, 11) is -1.12. The third-order valence-electron chi connectivity index (χ3n) is 12.8. The summed E-state index contributed by atoms with van der Waals surface area (Å²) in [5.41, 5.74) is 16.3. The van der Waals surface area contributed by atoms with E-state index in [1.807, 2.05) is 0 Å². The number of allylic oxidation sites excluding steroid dienone is 2. The zero-order chi connectivity index (χ0) is 30.7. The Bertz CT molecular complexity index is 1870. The van der Waals surface area contributed by atoms with Crippen LogP contribution in [0, 0.1) is 17.8 Å².